The van der Waals surface area contributed by atoms with Crippen LogP contribution in [0.1, 0.15) is 49.7 Å². The van der Waals surface area contributed by atoms with Gasteiger partial charge in [-0.2, -0.15) is 5.01 Å². The van der Waals surface area contributed by atoms with Crippen molar-refractivity contribution in [1.29, 1.82) is 0 Å². The van der Waals surface area contributed by atoms with Crippen molar-refractivity contribution >= 4 is 51.9 Å². The van der Waals surface area contributed by atoms with Crippen LogP contribution in [0.2, 0.25) is 0 Å². The molecule has 9 nitrogen and oxygen atoms in total. The highest BCUT2D eigenvalue weighted by Crippen LogP contribution is 2.60. The number of hydrogen-bond acceptors (Lipinski definition) is 8. The molecule has 4 aliphatic carbocycles. The molecule has 11 heteroatoms. The van der Waals surface area contributed by atoms with Crippen LogP contribution in [0, 0.1) is 33.3 Å². The molecule has 0 spiro atoms. The Balaban J connectivity index is 1.12. The van der Waals surface area contributed by atoms with Crippen LogP contribution in [0.3, 0.4) is 0 Å². The number of thiocarbonyl (C=S) groups is 1. The molecule has 2 amide bonds. The van der Waals surface area contributed by atoms with Crippen LogP contribution in [0.5, 0.6) is 11.5 Å². The lowest BCUT2D eigenvalue weighted by atomic mass is 9.49. The Morgan fingerprint density at radius 2 is 1.77 bits per heavy atom. The number of nitro groups is 1. The predicted molar refractivity (Wildman–Crippen MR) is 154 cm³/mol. The molecule has 4 bridgehead atoms. The molecule has 7 rings (SSSR count). The Hall–Kier alpha value is -3.44. The molecule has 2 aromatic rings. The average Bonchev–Trinajstić information content (AvgIpc) is 3.18. The van der Waals surface area contributed by atoms with Crippen LogP contribution in [0.25, 0.3) is 6.08 Å². The summed E-state index contributed by atoms with van der Waals surface area (Å²) in [6.45, 7) is 0.204. The van der Waals surface area contributed by atoms with Crippen molar-refractivity contribution in [2.24, 2.45) is 23.2 Å². The Labute approximate surface area is 241 Å². The quantitative estimate of drug-likeness (QED) is 0.185. The van der Waals surface area contributed by atoms with Crippen LogP contribution < -0.4 is 14.9 Å². The van der Waals surface area contributed by atoms with E-state index in [9.17, 15) is 19.7 Å². The zero-order valence-electron chi connectivity index (χ0n) is 22.0. The number of thioether (sulfide) groups is 1. The maximum atomic E-state index is 13.5. The van der Waals surface area contributed by atoms with Gasteiger partial charge in [0.2, 0.25) is 5.91 Å². The molecule has 1 heterocycles. The summed E-state index contributed by atoms with van der Waals surface area (Å²) in [6.07, 6.45) is 8.16. The highest BCUT2D eigenvalue weighted by atomic mass is 32.2. The van der Waals surface area contributed by atoms with Gasteiger partial charge in [-0.1, -0.05) is 17.8 Å². The second kappa shape index (κ2) is 10.5. The van der Waals surface area contributed by atoms with E-state index in [1.165, 1.54) is 43.5 Å². The number of non-ortho nitro benzene ring substituents is 1. The maximum absolute atomic E-state index is 13.5. The van der Waals surface area contributed by atoms with Crippen LogP contribution in [0.15, 0.2) is 47.4 Å². The molecule has 5 fully saturated rings. The number of ether oxygens (including phenoxy) is 2. The lowest BCUT2D eigenvalue weighted by Gasteiger charge is -2.55. The number of methoxy groups -OCH3 is 1. The molecule has 0 aromatic heterocycles. The van der Waals surface area contributed by atoms with Crippen molar-refractivity contribution in [3.05, 3.63) is 68.6 Å². The topological polar surface area (TPSA) is 111 Å². The smallest absolute Gasteiger partial charge is 0.285 e. The molecule has 208 valence electrons. The van der Waals surface area contributed by atoms with Crippen molar-refractivity contribution < 1.29 is 24.0 Å². The number of nitrogens with one attached hydrogen (secondary N) is 1. The number of carbonyl (C=O) groups excluding carboxylic acids is 2. The second-order valence-corrected chi connectivity index (χ2v) is 13.0. The van der Waals surface area contributed by atoms with Gasteiger partial charge in [0, 0.05) is 12.1 Å². The molecule has 1 saturated heterocycles. The molecule has 40 heavy (non-hydrogen) atoms. The molecule has 0 radical (unpaired) electrons. The van der Waals surface area contributed by atoms with E-state index >= 15 is 0 Å². The fourth-order valence-corrected chi connectivity index (χ4v) is 8.27. The first-order valence-electron chi connectivity index (χ1n) is 13.4. The number of nitro benzene ring substituents is 1. The molecule has 1 N–H and O–H groups in total. The van der Waals surface area contributed by atoms with Crippen molar-refractivity contribution in [1.82, 2.24) is 10.4 Å². The number of hydrogen-bond donors (Lipinski definition) is 1. The monoisotopic (exact) mass is 579 g/mol. The number of benzene rings is 2. The number of rotatable bonds is 8. The zero-order valence-corrected chi connectivity index (χ0v) is 23.6. The van der Waals surface area contributed by atoms with Crippen molar-refractivity contribution in [3.8, 4) is 11.5 Å². The van der Waals surface area contributed by atoms with Crippen LogP contribution in [0.4, 0.5) is 5.69 Å². The Morgan fingerprint density at radius 3 is 2.38 bits per heavy atom. The minimum atomic E-state index is -0.447. The normalized spacial score (nSPS) is 27.8. The van der Waals surface area contributed by atoms with Gasteiger partial charge in [-0.3, -0.25) is 25.1 Å². The molecular formula is C29H29N3O6S2. The first kappa shape index (κ1) is 26.8. The molecule has 4 saturated carbocycles. The number of hydrazine groups is 1. The van der Waals surface area contributed by atoms with E-state index in [1.807, 2.05) is 0 Å². The summed E-state index contributed by atoms with van der Waals surface area (Å²) in [4.78, 5) is 37.6. The summed E-state index contributed by atoms with van der Waals surface area (Å²) in [5.41, 5.74) is 4.02. The third-order valence-corrected chi connectivity index (χ3v) is 9.86. The summed E-state index contributed by atoms with van der Waals surface area (Å²) in [5, 5.41) is 12.1. The maximum Gasteiger partial charge on any atom is 0.285 e. The third kappa shape index (κ3) is 5.08. The van der Waals surface area contributed by atoms with Crippen LogP contribution in [-0.2, 0) is 16.2 Å². The molecule has 0 unspecified atom stereocenters. The summed E-state index contributed by atoms with van der Waals surface area (Å²) in [7, 11) is 1.53. The molecular weight excluding hydrogens is 550 g/mol. The van der Waals surface area contributed by atoms with E-state index in [2.05, 4.69) is 5.43 Å². The predicted octanol–water partition coefficient (Wildman–Crippen LogP) is 5.63. The zero-order chi connectivity index (χ0) is 28.0. The second-order valence-electron chi connectivity index (χ2n) is 11.3. The van der Waals surface area contributed by atoms with Gasteiger partial charge in [-0.25, -0.2) is 0 Å². The Morgan fingerprint density at radius 1 is 1.12 bits per heavy atom. The largest absolute Gasteiger partial charge is 0.493 e. The standard InChI is InChI=1S/C29H29N3O6S2/c1-37-24-11-18(4-7-23(24)38-16-17-2-5-22(6-3-17)32(35)36)12-25-26(33)31(28(39)40-25)30-27(34)29-13-19-8-20(14-29)10-21(9-19)15-29/h2-7,11-12,19-21H,8-10,13-16H2,1H3,(H,30,34)/b25-12+. The highest BCUT2D eigenvalue weighted by molar-refractivity contribution is 8.26. The average molecular weight is 580 g/mol. The molecule has 1 aliphatic heterocycles. The number of carbonyl (C=O) groups is 2. The minimum absolute atomic E-state index is 0.0170. The molecule has 0 atom stereocenters. The molecule has 5 aliphatic rings. The van der Waals surface area contributed by atoms with E-state index in [4.69, 9.17) is 21.7 Å². The lowest BCUT2D eigenvalue weighted by molar-refractivity contribution is -0.384. The van der Waals surface area contributed by atoms with Crippen molar-refractivity contribution in [3.63, 3.8) is 0 Å². The first-order chi connectivity index (χ1) is 19.2. The fraction of sp³-hybridized carbons (Fsp3) is 0.414. The van der Waals surface area contributed by atoms with Crippen molar-refractivity contribution in [2.75, 3.05) is 7.11 Å². The summed E-state index contributed by atoms with van der Waals surface area (Å²) in [5.74, 6) is 2.43. The molecule has 2 aromatic carbocycles. The lowest BCUT2D eigenvalue weighted by Crippen LogP contribution is -2.57. The van der Waals surface area contributed by atoms with E-state index in [1.54, 1.807) is 36.4 Å². The van der Waals surface area contributed by atoms with Gasteiger partial charge in [-0.05, 0) is 110 Å². The van der Waals surface area contributed by atoms with Gasteiger partial charge in [0.05, 0.1) is 22.4 Å². The summed E-state index contributed by atoms with van der Waals surface area (Å²) in [6, 6.07) is 11.4. The number of amides is 2. The Kier molecular flexibility index (Phi) is 7.03. The third-order valence-electron chi connectivity index (χ3n) is 8.55. The van der Waals surface area contributed by atoms with E-state index in [-0.39, 0.29) is 29.5 Å². The number of nitrogens with zero attached hydrogens (tertiary/aromatic N) is 2. The van der Waals surface area contributed by atoms with Crippen LogP contribution >= 0.6 is 24.0 Å². The first-order valence-corrected chi connectivity index (χ1v) is 14.6. The van der Waals surface area contributed by atoms with Crippen molar-refractivity contribution in [2.45, 2.75) is 45.1 Å². The Bertz CT molecular complexity index is 1390. The fourth-order valence-electron chi connectivity index (χ4n) is 7.09. The van der Waals surface area contributed by atoms with E-state index < -0.39 is 4.92 Å². The van der Waals surface area contributed by atoms with Gasteiger partial charge in [0.15, 0.2) is 15.8 Å². The van der Waals surface area contributed by atoms with Gasteiger partial charge >= 0.3 is 0 Å². The SMILES string of the molecule is COc1cc(/C=C2/SC(=S)N(NC(=O)C34CC5CC(CC(C5)C3)C4)C2=O)ccc1OCc1ccc([N+](=O)[O-])cc1. The minimum Gasteiger partial charge on any atom is -0.493 e. The summed E-state index contributed by atoms with van der Waals surface area (Å²) >= 11 is 6.63. The van der Waals surface area contributed by atoms with E-state index in [0.717, 1.165) is 36.6 Å². The van der Waals surface area contributed by atoms with Gasteiger partial charge < -0.3 is 9.47 Å². The summed E-state index contributed by atoms with van der Waals surface area (Å²) < 4.78 is 11.7. The van der Waals surface area contributed by atoms with Gasteiger partial charge in [-0.15, -0.1) is 0 Å². The van der Waals surface area contributed by atoms with E-state index in [0.29, 0.717) is 44.0 Å². The van der Waals surface area contributed by atoms with Crippen LogP contribution in [-0.4, -0.2) is 33.2 Å². The highest BCUT2D eigenvalue weighted by Gasteiger charge is 2.55. The van der Waals surface area contributed by atoms with Gasteiger partial charge in [0.25, 0.3) is 11.6 Å². The van der Waals surface area contributed by atoms with Gasteiger partial charge in [0.1, 0.15) is 6.61 Å².